The van der Waals surface area contributed by atoms with E-state index in [0.717, 1.165) is 5.56 Å². The summed E-state index contributed by atoms with van der Waals surface area (Å²) in [7, 11) is -3.33. The van der Waals surface area contributed by atoms with E-state index in [1.165, 1.54) is 7.11 Å². The first-order chi connectivity index (χ1) is 8.24. The van der Waals surface area contributed by atoms with Crippen LogP contribution in [-0.2, 0) is 26.4 Å². The van der Waals surface area contributed by atoms with Gasteiger partial charge in [-0.05, 0) is 12.0 Å². The lowest BCUT2D eigenvalue weighted by atomic mass is 10.1. The molecular formula is C10H15NO6S. The van der Waals surface area contributed by atoms with Crippen molar-refractivity contribution in [1.29, 1.82) is 0 Å². The summed E-state index contributed by atoms with van der Waals surface area (Å²) in [6.07, 6.45) is 0.521. The van der Waals surface area contributed by atoms with Crippen molar-refractivity contribution in [2.24, 2.45) is 5.73 Å². The zero-order chi connectivity index (χ0) is 14.2. The lowest BCUT2D eigenvalue weighted by molar-refractivity contribution is -0.142. The van der Waals surface area contributed by atoms with Gasteiger partial charge >= 0.3 is 16.4 Å². The number of ether oxygens (including phenoxy) is 1. The molecule has 1 rings (SSSR count). The van der Waals surface area contributed by atoms with E-state index in [4.69, 9.17) is 23.3 Å². The highest BCUT2D eigenvalue weighted by Gasteiger charge is 2.13. The average molecular weight is 277 g/mol. The number of nitrogens with two attached hydrogens (primary N) is 1. The van der Waals surface area contributed by atoms with Crippen LogP contribution < -0.4 is 5.73 Å². The van der Waals surface area contributed by atoms with Crippen LogP contribution in [0, 0.1) is 0 Å². The molecule has 0 amide bonds. The van der Waals surface area contributed by atoms with Gasteiger partial charge in [0.15, 0.2) is 0 Å². The Kier molecular flexibility index (Phi) is 7.13. The van der Waals surface area contributed by atoms with Gasteiger partial charge in [-0.1, -0.05) is 30.3 Å². The number of hydrogen-bond donors (Lipinski definition) is 3. The SMILES string of the molecule is COC(=O)C(N)Cc1ccccc1.O=S(=O)(O)O. The third-order valence-electron chi connectivity index (χ3n) is 1.80. The summed E-state index contributed by atoms with van der Waals surface area (Å²) in [5, 5.41) is 0. The van der Waals surface area contributed by atoms with Crippen molar-refractivity contribution in [3.8, 4) is 0 Å². The molecule has 0 aromatic heterocycles. The van der Waals surface area contributed by atoms with E-state index in [9.17, 15) is 4.79 Å². The summed E-state index contributed by atoms with van der Waals surface area (Å²) in [6.45, 7) is 0. The van der Waals surface area contributed by atoms with E-state index in [0.29, 0.717) is 6.42 Å². The molecule has 0 aliphatic heterocycles. The fourth-order valence-corrected chi connectivity index (χ4v) is 1.10. The van der Waals surface area contributed by atoms with Crippen LogP contribution in [0.2, 0.25) is 0 Å². The second-order valence-electron chi connectivity index (χ2n) is 3.27. The summed E-state index contributed by atoms with van der Waals surface area (Å²) in [5.41, 5.74) is 6.63. The summed E-state index contributed by atoms with van der Waals surface area (Å²) in [6, 6.07) is 9.06. The van der Waals surface area contributed by atoms with Gasteiger partial charge in [-0.2, -0.15) is 8.42 Å². The Morgan fingerprint density at radius 1 is 1.33 bits per heavy atom. The van der Waals surface area contributed by atoms with Gasteiger partial charge in [-0.25, -0.2) is 0 Å². The minimum Gasteiger partial charge on any atom is -0.468 e. The number of hydrogen-bond acceptors (Lipinski definition) is 5. The first-order valence-corrected chi connectivity index (χ1v) is 6.21. The molecule has 1 aromatic rings. The molecule has 0 bridgehead atoms. The van der Waals surface area contributed by atoms with Crippen molar-refractivity contribution >= 4 is 16.4 Å². The molecule has 0 saturated carbocycles. The normalized spacial score (nSPS) is 12.0. The molecule has 4 N–H and O–H groups in total. The van der Waals surface area contributed by atoms with Crippen LogP contribution in [0.15, 0.2) is 30.3 Å². The molecule has 102 valence electrons. The number of methoxy groups -OCH3 is 1. The molecule has 0 aliphatic rings. The second kappa shape index (κ2) is 7.77. The topological polar surface area (TPSA) is 127 Å². The van der Waals surface area contributed by atoms with Crippen LogP contribution in [0.1, 0.15) is 5.56 Å². The minimum atomic E-state index is -4.67. The van der Waals surface area contributed by atoms with E-state index < -0.39 is 16.4 Å². The van der Waals surface area contributed by atoms with E-state index in [2.05, 4.69) is 4.74 Å². The molecule has 0 saturated heterocycles. The highest BCUT2D eigenvalue weighted by molar-refractivity contribution is 7.79. The van der Waals surface area contributed by atoms with Crippen molar-refractivity contribution in [3.63, 3.8) is 0 Å². The summed E-state index contributed by atoms with van der Waals surface area (Å²) >= 11 is 0. The fraction of sp³-hybridized carbons (Fsp3) is 0.300. The maximum absolute atomic E-state index is 11.0. The number of benzene rings is 1. The van der Waals surface area contributed by atoms with Crippen LogP contribution in [0.25, 0.3) is 0 Å². The second-order valence-corrected chi connectivity index (χ2v) is 4.16. The van der Waals surface area contributed by atoms with Crippen molar-refractivity contribution in [3.05, 3.63) is 35.9 Å². The monoisotopic (exact) mass is 277 g/mol. The largest absolute Gasteiger partial charge is 0.468 e. The molecule has 0 aliphatic carbocycles. The maximum atomic E-state index is 11.0. The Morgan fingerprint density at radius 2 is 1.78 bits per heavy atom. The van der Waals surface area contributed by atoms with Crippen LogP contribution in [0.4, 0.5) is 0 Å². The third kappa shape index (κ3) is 9.73. The molecule has 8 heteroatoms. The van der Waals surface area contributed by atoms with Crippen molar-refractivity contribution in [1.82, 2.24) is 0 Å². The van der Waals surface area contributed by atoms with E-state index in [-0.39, 0.29) is 5.97 Å². The van der Waals surface area contributed by atoms with Gasteiger partial charge in [0.25, 0.3) is 0 Å². The fourth-order valence-electron chi connectivity index (χ4n) is 1.10. The number of rotatable bonds is 3. The number of carbonyl (C=O) groups excluding carboxylic acids is 1. The first-order valence-electron chi connectivity index (χ1n) is 4.81. The maximum Gasteiger partial charge on any atom is 0.394 e. The van der Waals surface area contributed by atoms with Crippen LogP contribution in [0.3, 0.4) is 0 Å². The lowest BCUT2D eigenvalue weighted by Crippen LogP contribution is -2.33. The Bertz CT molecular complexity index is 451. The number of esters is 1. The number of carbonyl (C=O) groups is 1. The standard InChI is InChI=1S/C10H13NO2.H2O4S/c1-13-10(12)9(11)7-8-5-3-2-4-6-8;1-5(2,3)4/h2-6,9H,7,11H2,1H3;(H2,1,2,3,4). The Hall–Kier alpha value is -1.48. The summed E-state index contributed by atoms with van der Waals surface area (Å²) in [4.78, 5) is 11.0. The average Bonchev–Trinajstić information content (AvgIpc) is 2.27. The van der Waals surface area contributed by atoms with Crippen LogP contribution >= 0.6 is 0 Å². The first kappa shape index (κ1) is 16.5. The van der Waals surface area contributed by atoms with Gasteiger partial charge in [-0.3, -0.25) is 13.9 Å². The molecule has 1 unspecified atom stereocenters. The highest BCUT2D eigenvalue weighted by Crippen LogP contribution is 2.02. The predicted octanol–water partition coefficient (Wildman–Crippen LogP) is 0.0766. The Labute approximate surface area is 105 Å². The molecular weight excluding hydrogens is 262 g/mol. The molecule has 1 aromatic carbocycles. The van der Waals surface area contributed by atoms with Crippen molar-refractivity contribution in [2.45, 2.75) is 12.5 Å². The third-order valence-corrected chi connectivity index (χ3v) is 1.80. The van der Waals surface area contributed by atoms with Gasteiger partial charge in [-0.15, -0.1) is 0 Å². The smallest absolute Gasteiger partial charge is 0.394 e. The molecule has 18 heavy (non-hydrogen) atoms. The molecule has 7 nitrogen and oxygen atoms in total. The van der Waals surface area contributed by atoms with E-state index in [1.807, 2.05) is 30.3 Å². The summed E-state index contributed by atoms with van der Waals surface area (Å²) in [5.74, 6) is -0.371. The van der Waals surface area contributed by atoms with Crippen LogP contribution in [0.5, 0.6) is 0 Å². The zero-order valence-corrected chi connectivity index (χ0v) is 10.5. The Balaban J connectivity index is 0.000000494. The zero-order valence-electron chi connectivity index (χ0n) is 9.68. The van der Waals surface area contributed by atoms with E-state index >= 15 is 0 Å². The van der Waals surface area contributed by atoms with Crippen molar-refractivity contribution in [2.75, 3.05) is 7.11 Å². The van der Waals surface area contributed by atoms with Gasteiger partial charge in [0.1, 0.15) is 6.04 Å². The molecule has 0 fully saturated rings. The van der Waals surface area contributed by atoms with Gasteiger partial charge < -0.3 is 10.5 Å². The van der Waals surface area contributed by atoms with E-state index in [1.54, 1.807) is 0 Å². The molecule has 0 radical (unpaired) electrons. The highest BCUT2D eigenvalue weighted by atomic mass is 32.3. The van der Waals surface area contributed by atoms with Gasteiger partial charge in [0.2, 0.25) is 0 Å². The van der Waals surface area contributed by atoms with Crippen LogP contribution in [-0.4, -0.2) is 36.6 Å². The lowest BCUT2D eigenvalue weighted by Gasteiger charge is -2.08. The molecule has 0 heterocycles. The predicted molar refractivity (Wildman–Crippen MR) is 64.3 cm³/mol. The van der Waals surface area contributed by atoms with Crippen molar-refractivity contribution < 1.29 is 27.1 Å². The Morgan fingerprint density at radius 3 is 2.17 bits per heavy atom. The molecule has 1 atom stereocenters. The van der Waals surface area contributed by atoms with Gasteiger partial charge in [0.05, 0.1) is 7.11 Å². The summed E-state index contributed by atoms with van der Waals surface area (Å²) < 4.78 is 36.1. The minimum absolute atomic E-state index is 0.371. The molecule has 0 spiro atoms. The quantitative estimate of drug-likeness (QED) is 0.527. The van der Waals surface area contributed by atoms with Gasteiger partial charge in [0, 0.05) is 0 Å².